The van der Waals surface area contributed by atoms with Crippen LogP contribution in [0.2, 0.25) is 0 Å². The highest BCUT2D eigenvalue weighted by atomic mass is 31.2. The van der Waals surface area contributed by atoms with Crippen molar-refractivity contribution >= 4 is 24.7 Å². The SMILES string of the molecule is Nc1ncnc2c1ncn2[C@H]1C[C@H](O)[C@@H](COP(N)(=O)O)O1. The maximum absolute atomic E-state index is 10.9. The van der Waals surface area contributed by atoms with Gasteiger partial charge in [0.2, 0.25) is 0 Å². The molecule has 4 atom stereocenters. The summed E-state index contributed by atoms with van der Waals surface area (Å²) in [6, 6.07) is 0. The van der Waals surface area contributed by atoms with Crippen LogP contribution in [0.15, 0.2) is 12.7 Å². The van der Waals surface area contributed by atoms with Gasteiger partial charge in [-0.2, -0.15) is 0 Å². The molecule has 0 bridgehead atoms. The Balaban J connectivity index is 1.78. The number of hydrogen-bond acceptors (Lipinski definition) is 8. The van der Waals surface area contributed by atoms with Crippen molar-refractivity contribution < 1.29 is 23.8 Å². The van der Waals surface area contributed by atoms with Crippen molar-refractivity contribution in [3.63, 3.8) is 0 Å². The largest absolute Gasteiger partial charge is 0.400 e. The number of rotatable bonds is 4. The molecule has 0 spiro atoms. The highest BCUT2D eigenvalue weighted by Crippen LogP contribution is 2.36. The Hall–Kier alpha value is -1.62. The minimum atomic E-state index is -4.12. The minimum Gasteiger partial charge on any atom is -0.390 e. The van der Waals surface area contributed by atoms with Gasteiger partial charge >= 0.3 is 7.75 Å². The van der Waals surface area contributed by atoms with E-state index in [1.807, 2.05) is 0 Å². The van der Waals surface area contributed by atoms with Crippen molar-refractivity contribution in [1.82, 2.24) is 19.5 Å². The minimum absolute atomic E-state index is 0.240. The Morgan fingerprint density at radius 3 is 3.00 bits per heavy atom. The number of aliphatic hydroxyl groups excluding tert-OH is 1. The Morgan fingerprint density at radius 1 is 1.50 bits per heavy atom. The van der Waals surface area contributed by atoms with Crippen molar-refractivity contribution in [3.05, 3.63) is 12.7 Å². The predicted molar refractivity (Wildman–Crippen MR) is 74.2 cm³/mol. The van der Waals surface area contributed by atoms with Crippen molar-refractivity contribution in [3.8, 4) is 0 Å². The first kappa shape index (κ1) is 15.3. The van der Waals surface area contributed by atoms with Gasteiger partial charge in [0.1, 0.15) is 24.2 Å². The smallest absolute Gasteiger partial charge is 0.390 e. The van der Waals surface area contributed by atoms with Crippen LogP contribution in [0.25, 0.3) is 11.2 Å². The number of ether oxygens (including phenoxy) is 1. The van der Waals surface area contributed by atoms with Crippen LogP contribution in [-0.4, -0.2) is 48.3 Å². The van der Waals surface area contributed by atoms with E-state index in [1.165, 1.54) is 12.7 Å². The van der Waals surface area contributed by atoms with Crippen LogP contribution in [-0.2, 0) is 13.8 Å². The van der Waals surface area contributed by atoms with Gasteiger partial charge in [0.15, 0.2) is 11.5 Å². The summed E-state index contributed by atoms with van der Waals surface area (Å²) >= 11 is 0. The summed E-state index contributed by atoms with van der Waals surface area (Å²) in [6.45, 7) is -0.300. The van der Waals surface area contributed by atoms with E-state index in [1.54, 1.807) is 4.57 Å². The highest BCUT2D eigenvalue weighted by Gasteiger charge is 2.37. The van der Waals surface area contributed by atoms with Crippen LogP contribution in [0.3, 0.4) is 0 Å². The Morgan fingerprint density at radius 2 is 2.27 bits per heavy atom. The van der Waals surface area contributed by atoms with Crippen LogP contribution < -0.4 is 11.2 Å². The van der Waals surface area contributed by atoms with Gasteiger partial charge in [-0.3, -0.25) is 9.09 Å². The first-order valence-electron chi connectivity index (χ1n) is 6.37. The maximum Gasteiger partial charge on any atom is 0.400 e. The molecule has 0 aliphatic carbocycles. The van der Waals surface area contributed by atoms with Gasteiger partial charge in [-0.05, 0) is 0 Å². The number of hydrogen-bond donors (Lipinski definition) is 4. The molecule has 0 saturated carbocycles. The molecule has 3 heterocycles. The third kappa shape index (κ3) is 2.95. The molecule has 120 valence electrons. The third-order valence-electron chi connectivity index (χ3n) is 3.33. The second-order valence-electron chi connectivity index (χ2n) is 4.88. The molecule has 3 rings (SSSR count). The molecule has 1 aliphatic heterocycles. The molecule has 0 aromatic carbocycles. The van der Waals surface area contributed by atoms with Crippen molar-refractivity contribution in [2.24, 2.45) is 5.50 Å². The standard InChI is InChI=1S/C10H15N6O5P/c11-9-8-10(14-3-13-9)16(4-15-8)7-1-5(17)6(21-7)2-20-22(12,18)19/h3-7,17H,1-2H2,(H2,11,13,14)(H3,12,18,19)/t5-,6+,7+/m0/s1. The zero-order valence-corrected chi connectivity index (χ0v) is 12.2. The third-order valence-corrected chi connectivity index (χ3v) is 3.84. The molecule has 11 nitrogen and oxygen atoms in total. The summed E-state index contributed by atoms with van der Waals surface area (Å²) in [5.74, 6) is 0.242. The van der Waals surface area contributed by atoms with Crippen LogP contribution in [0, 0.1) is 0 Å². The molecule has 2 aromatic heterocycles. The highest BCUT2D eigenvalue weighted by molar-refractivity contribution is 7.50. The lowest BCUT2D eigenvalue weighted by atomic mass is 10.2. The van der Waals surface area contributed by atoms with E-state index in [0.717, 1.165) is 0 Å². The maximum atomic E-state index is 10.9. The lowest BCUT2D eigenvalue weighted by Gasteiger charge is -2.16. The molecular formula is C10H15N6O5P. The van der Waals surface area contributed by atoms with Crippen molar-refractivity contribution in [2.75, 3.05) is 12.3 Å². The molecule has 12 heteroatoms. The van der Waals surface area contributed by atoms with Crippen molar-refractivity contribution in [1.29, 1.82) is 0 Å². The first-order valence-corrected chi connectivity index (χ1v) is 8.02. The fourth-order valence-corrected chi connectivity index (χ4v) is 2.66. The average molecular weight is 330 g/mol. The van der Waals surface area contributed by atoms with E-state index in [2.05, 4.69) is 19.5 Å². The molecule has 0 radical (unpaired) electrons. The fraction of sp³-hybridized carbons (Fsp3) is 0.500. The van der Waals surface area contributed by atoms with Gasteiger partial charge in [-0.15, -0.1) is 0 Å². The molecule has 1 aliphatic rings. The fourth-order valence-electron chi connectivity index (χ4n) is 2.30. The summed E-state index contributed by atoms with van der Waals surface area (Å²) < 4.78 is 22.7. The number of imidazole rings is 1. The number of fused-ring (bicyclic) bond motifs is 1. The summed E-state index contributed by atoms with van der Waals surface area (Å²) in [6.07, 6.45) is 0.802. The van der Waals surface area contributed by atoms with E-state index in [9.17, 15) is 9.67 Å². The number of aromatic nitrogens is 4. The summed E-state index contributed by atoms with van der Waals surface area (Å²) in [7, 11) is -4.12. The van der Waals surface area contributed by atoms with Crippen LogP contribution in [0.4, 0.5) is 5.82 Å². The van der Waals surface area contributed by atoms with Crippen LogP contribution in [0.1, 0.15) is 12.6 Å². The molecule has 6 N–H and O–H groups in total. The van der Waals surface area contributed by atoms with Gasteiger partial charge in [0.25, 0.3) is 0 Å². The van der Waals surface area contributed by atoms with Gasteiger partial charge < -0.3 is 20.5 Å². The topological polar surface area (TPSA) is 172 Å². The van der Waals surface area contributed by atoms with Gasteiger partial charge in [0, 0.05) is 6.42 Å². The lowest BCUT2D eigenvalue weighted by Crippen LogP contribution is -2.26. The molecule has 2 aromatic rings. The Kier molecular flexibility index (Phi) is 3.85. The number of nitrogen functional groups attached to an aromatic ring is 1. The molecule has 1 saturated heterocycles. The molecule has 22 heavy (non-hydrogen) atoms. The Labute approximate surface area is 124 Å². The number of anilines is 1. The second kappa shape index (κ2) is 5.54. The first-order chi connectivity index (χ1) is 10.3. The van der Waals surface area contributed by atoms with Crippen molar-refractivity contribution in [2.45, 2.75) is 24.9 Å². The molecule has 0 amide bonds. The number of nitrogens with two attached hydrogens (primary N) is 2. The lowest BCUT2D eigenvalue weighted by molar-refractivity contribution is -0.0396. The molecular weight excluding hydrogens is 315 g/mol. The summed E-state index contributed by atoms with van der Waals surface area (Å²) in [5.41, 5.74) is 11.5. The normalized spacial score (nSPS) is 28.0. The molecule has 1 unspecified atom stereocenters. The zero-order chi connectivity index (χ0) is 15.9. The monoisotopic (exact) mass is 330 g/mol. The predicted octanol–water partition coefficient (Wildman–Crippen LogP) is -0.867. The summed E-state index contributed by atoms with van der Waals surface area (Å²) in [5, 5.41) is 9.97. The zero-order valence-electron chi connectivity index (χ0n) is 11.3. The average Bonchev–Trinajstić information content (AvgIpc) is 3.00. The van der Waals surface area contributed by atoms with Crippen LogP contribution >= 0.6 is 7.75 Å². The summed E-state index contributed by atoms with van der Waals surface area (Å²) in [4.78, 5) is 21.0. The Bertz CT molecular complexity index is 732. The van der Waals surface area contributed by atoms with E-state index < -0.39 is 26.2 Å². The second-order valence-corrected chi connectivity index (χ2v) is 6.26. The van der Waals surface area contributed by atoms with E-state index in [4.69, 9.17) is 20.9 Å². The van der Waals surface area contributed by atoms with Gasteiger partial charge in [-0.1, -0.05) is 0 Å². The van der Waals surface area contributed by atoms with Crippen LogP contribution in [0.5, 0.6) is 0 Å². The van der Waals surface area contributed by atoms with Gasteiger partial charge in [0.05, 0.1) is 19.0 Å². The van der Waals surface area contributed by atoms with E-state index in [0.29, 0.717) is 11.2 Å². The van der Waals surface area contributed by atoms with E-state index >= 15 is 0 Å². The number of nitrogens with zero attached hydrogens (tertiary/aromatic N) is 4. The van der Waals surface area contributed by atoms with Gasteiger partial charge in [-0.25, -0.2) is 25.0 Å². The molecule has 1 fully saturated rings. The number of aliphatic hydroxyl groups is 1. The quantitative estimate of drug-likeness (QED) is 0.516. The van der Waals surface area contributed by atoms with E-state index in [-0.39, 0.29) is 18.8 Å².